The van der Waals surface area contributed by atoms with Crippen LogP contribution in [-0.2, 0) is 19.6 Å². The minimum atomic E-state index is -0.815. The van der Waals surface area contributed by atoms with Crippen LogP contribution in [-0.4, -0.2) is 17.0 Å². The van der Waals surface area contributed by atoms with Gasteiger partial charge in [-0.2, -0.15) is 9.78 Å². The van der Waals surface area contributed by atoms with E-state index in [0.29, 0.717) is 11.8 Å². The summed E-state index contributed by atoms with van der Waals surface area (Å²) >= 11 is 0. The zero-order valence-corrected chi connectivity index (χ0v) is 18.7. The first kappa shape index (κ1) is 23.9. The average molecular weight is 373 g/mol. The highest BCUT2D eigenvalue weighted by Crippen LogP contribution is 2.41. The summed E-state index contributed by atoms with van der Waals surface area (Å²) in [5.74, 6) is 0.219. The predicted octanol–water partition coefficient (Wildman–Crippen LogP) is 6.97. The summed E-state index contributed by atoms with van der Waals surface area (Å²) in [7, 11) is 0. The van der Waals surface area contributed by atoms with Crippen LogP contribution in [0, 0.1) is 11.8 Å². The highest BCUT2D eigenvalue weighted by molar-refractivity contribution is 4.82. The monoisotopic (exact) mass is 372 g/mol. The second kappa shape index (κ2) is 10.4. The molecule has 0 aromatic rings. The standard InChI is InChI=1S/C22H44O4/c1-9-11-13-20(5,6)23-25-22(16-18(3)15-19(4)17-22)26-24-21(7,8)14-12-10-2/h18-19H,9-17H2,1-8H3. The molecule has 1 aliphatic carbocycles. The molecule has 4 heteroatoms. The Kier molecular flexibility index (Phi) is 9.55. The van der Waals surface area contributed by atoms with Crippen molar-refractivity contribution in [2.75, 3.05) is 0 Å². The molecular formula is C22H44O4. The lowest BCUT2D eigenvalue weighted by Gasteiger charge is -2.42. The minimum absolute atomic E-state index is 0.325. The molecule has 4 nitrogen and oxygen atoms in total. The van der Waals surface area contributed by atoms with Crippen LogP contribution < -0.4 is 0 Å². The van der Waals surface area contributed by atoms with E-state index in [0.717, 1.165) is 51.4 Å². The van der Waals surface area contributed by atoms with E-state index in [1.165, 1.54) is 6.42 Å². The van der Waals surface area contributed by atoms with E-state index in [9.17, 15) is 0 Å². The molecule has 0 saturated heterocycles. The van der Waals surface area contributed by atoms with E-state index in [1.54, 1.807) is 0 Å². The zero-order valence-electron chi connectivity index (χ0n) is 18.7. The zero-order chi connectivity index (χ0) is 19.8. The van der Waals surface area contributed by atoms with Crippen molar-refractivity contribution < 1.29 is 19.6 Å². The van der Waals surface area contributed by atoms with Crippen molar-refractivity contribution in [2.24, 2.45) is 11.8 Å². The largest absolute Gasteiger partial charge is 0.234 e. The van der Waals surface area contributed by atoms with Gasteiger partial charge in [0.1, 0.15) is 0 Å². The van der Waals surface area contributed by atoms with E-state index in [1.807, 2.05) is 0 Å². The van der Waals surface area contributed by atoms with Gasteiger partial charge in [0.2, 0.25) is 5.79 Å². The summed E-state index contributed by atoms with van der Waals surface area (Å²) in [5, 5.41) is 0. The van der Waals surface area contributed by atoms with E-state index >= 15 is 0 Å². The van der Waals surface area contributed by atoms with Crippen LogP contribution in [0.4, 0.5) is 0 Å². The van der Waals surface area contributed by atoms with E-state index in [2.05, 4.69) is 55.4 Å². The molecule has 26 heavy (non-hydrogen) atoms. The molecule has 0 amide bonds. The lowest BCUT2D eigenvalue weighted by Crippen LogP contribution is -2.46. The molecule has 1 aliphatic rings. The van der Waals surface area contributed by atoms with Gasteiger partial charge in [-0.1, -0.05) is 53.4 Å². The first-order valence-electron chi connectivity index (χ1n) is 10.8. The Bertz CT molecular complexity index is 356. The molecule has 2 atom stereocenters. The number of hydrogen-bond acceptors (Lipinski definition) is 4. The maximum absolute atomic E-state index is 6.03. The molecule has 0 bridgehead atoms. The predicted molar refractivity (Wildman–Crippen MR) is 106 cm³/mol. The summed E-state index contributed by atoms with van der Waals surface area (Å²) in [4.78, 5) is 23.9. The lowest BCUT2D eigenvalue weighted by atomic mass is 9.79. The summed E-state index contributed by atoms with van der Waals surface area (Å²) < 4.78 is 0. The average Bonchev–Trinajstić information content (AvgIpc) is 2.54. The van der Waals surface area contributed by atoms with Crippen molar-refractivity contribution >= 4 is 0 Å². The van der Waals surface area contributed by atoms with Crippen LogP contribution in [0.1, 0.15) is 113 Å². The van der Waals surface area contributed by atoms with Gasteiger partial charge in [0.25, 0.3) is 0 Å². The van der Waals surface area contributed by atoms with Gasteiger partial charge in [-0.3, -0.25) is 0 Å². The Balaban J connectivity index is 2.77. The summed E-state index contributed by atoms with van der Waals surface area (Å²) in [6, 6.07) is 0. The van der Waals surface area contributed by atoms with Crippen LogP contribution in [0.2, 0.25) is 0 Å². The third-order valence-corrected chi connectivity index (χ3v) is 5.23. The molecule has 2 unspecified atom stereocenters. The summed E-state index contributed by atoms with van der Waals surface area (Å²) in [5.41, 5.74) is -0.651. The highest BCUT2D eigenvalue weighted by Gasteiger charge is 2.45. The minimum Gasteiger partial charge on any atom is -0.228 e. The van der Waals surface area contributed by atoms with E-state index in [-0.39, 0.29) is 11.2 Å². The second-order valence-corrected chi connectivity index (χ2v) is 9.82. The second-order valence-electron chi connectivity index (χ2n) is 9.82. The topological polar surface area (TPSA) is 36.9 Å². The summed E-state index contributed by atoms with van der Waals surface area (Å²) in [6.45, 7) is 17.2. The molecule has 1 saturated carbocycles. The highest BCUT2D eigenvalue weighted by atomic mass is 17.3. The smallest absolute Gasteiger partial charge is 0.228 e. The fourth-order valence-corrected chi connectivity index (χ4v) is 3.81. The van der Waals surface area contributed by atoms with Crippen LogP contribution in [0.3, 0.4) is 0 Å². The third kappa shape index (κ3) is 8.69. The van der Waals surface area contributed by atoms with E-state index in [4.69, 9.17) is 19.6 Å². The Morgan fingerprint density at radius 3 is 1.50 bits per heavy atom. The maximum Gasteiger partial charge on any atom is 0.234 e. The van der Waals surface area contributed by atoms with Crippen molar-refractivity contribution in [3.05, 3.63) is 0 Å². The fourth-order valence-electron chi connectivity index (χ4n) is 3.81. The molecule has 1 rings (SSSR count). The normalized spacial score (nSPS) is 24.0. The Morgan fingerprint density at radius 1 is 0.769 bits per heavy atom. The van der Waals surface area contributed by atoms with Gasteiger partial charge < -0.3 is 0 Å². The molecule has 0 radical (unpaired) electrons. The van der Waals surface area contributed by atoms with E-state index < -0.39 is 5.79 Å². The molecule has 0 N–H and O–H groups in total. The van der Waals surface area contributed by atoms with Crippen LogP contribution in [0.15, 0.2) is 0 Å². The fraction of sp³-hybridized carbons (Fsp3) is 1.00. The van der Waals surface area contributed by atoms with Crippen molar-refractivity contribution in [1.82, 2.24) is 0 Å². The Morgan fingerprint density at radius 2 is 1.15 bits per heavy atom. The van der Waals surface area contributed by atoms with Gasteiger partial charge in [-0.15, -0.1) is 0 Å². The lowest BCUT2D eigenvalue weighted by molar-refractivity contribution is -0.551. The Labute approximate surface area is 162 Å². The van der Waals surface area contributed by atoms with Gasteiger partial charge >= 0.3 is 0 Å². The molecule has 0 heterocycles. The molecule has 156 valence electrons. The number of hydrogen-bond donors (Lipinski definition) is 0. The first-order valence-corrected chi connectivity index (χ1v) is 10.8. The van der Waals surface area contributed by atoms with Crippen LogP contribution in [0.25, 0.3) is 0 Å². The van der Waals surface area contributed by atoms with Crippen molar-refractivity contribution in [1.29, 1.82) is 0 Å². The van der Waals surface area contributed by atoms with Gasteiger partial charge in [-0.25, -0.2) is 9.78 Å². The number of unbranched alkanes of at least 4 members (excludes halogenated alkanes) is 2. The van der Waals surface area contributed by atoms with Crippen LogP contribution in [0.5, 0.6) is 0 Å². The molecule has 0 aromatic heterocycles. The molecule has 0 aliphatic heterocycles. The van der Waals surface area contributed by atoms with Gasteiger partial charge in [0.05, 0.1) is 11.2 Å². The summed E-state index contributed by atoms with van der Waals surface area (Å²) in [6.07, 6.45) is 9.26. The van der Waals surface area contributed by atoms with Gasteiger partial charge in [0, 0.05) is 12.8 Å². The third-order valence-electron chi connectivity index (χ3n) is 5.23. The molecule has 0 aromatic carbocycles. The van der Waals surface area contributed by atoms with Crippen LogP contribution >= 0.6 is 0 Å². The Hall–Kier alpha value is -0.160. The van der Waals surface area contributed by atoms with Crippen molar-refractivity contribution in [3.63, 3.8) is 0 Å². The first-order chi connectivity index (χ1) is 12.0. The molecular weight excluding hydrogens is 328 g/mol. The number of rotatable bonds is 12. The van der Waals surface area contributed by atoms with Crippen molar-refractivity contribution in [3.8, 4) is 0 Å². The van der Waals surface area contributed by atoms with Gasteiger partial charge in [-0.05, 0) is 58.8 Å². The quantitative estimate of drug-likeness (QED) is 0.210. The van der Waals surface area contributed by atoms with Crippen molar-refractivity contribution in [2.45, 2.75) is 130 Å². The van der Waals surface area contributed by atoms with Gasteiger partial charge in [0.15, 0.2) is 0 Å². The molecule has 1 fully saturated rings. The maximum atomic E-state index is 6.03. The SMILES string of the molecule is CCCCC(C)(C)OOC1(OOC(C)(C)CCCC)CC(C)CC(C)C1. The molecule has 0 spiro atoms.